The molecule has 1 unspecified atom stereocenters. The van der Waals surface area contributed by atoms with Crippen LogP contribution in [0.4, 0.5) is 0 Å². The predicted octanol–water partition coefficient (Wildman–Crippen LogP) is 2.59. The quantitative estimate of drug-likeness (QED) is 0.887. The van der Waals surface area contributed by atoms with Crippen LogP contribution in [0.15, 0.2) is 36.4 Å². The van der Waals surface area contributed by atoms with Crippen LogP contribution in [0.2, 0.25) is 0 Å². The number of aliphatic hydroxyl groups excluding tert-OH is 1. The Bertz CT molecular complexity index is 595. The van der Waals surface area contributed by atoms with E-state index in [1.807, 2.05) is 31.2 Å². The first-order valence-electron chi connectivity index (χ1n) is 7.20. The summed E-state index contributed by atoms with van der Waals surface area (Å²) in [5.41, 5.74) is 4.02. The zero-order valence-corrected chi connectivity index (χ0v) is 12.8. The fraction of sp³-hybridized carbons (Fsp3) is 0.353. The Labute approximate surface area is 125 Å². The molecule has 1 amide bonds. The highest BCUT2D eigenvalue weighted by atomic mass is 16.3. The molecule has 0 spiro atoms. The Morgan fingerprint density at radius 2 is 1.71 bits per heavy atom. The molecular weight excluding hydrogens is 264 g/mol. The molecule has 2 rings (SSSR count). The average Bonchev–Trinajstić information content (AvgIpc) is 2.78. The van der Waals surface area contributed by atoms with Crippen molar-refractivity contribution in [3.8, 4) is 5.69 Å². The highest BCUT2D eigenvalue weighted by Gasteiger charge is 2.10. The molecule has 1 aromatic heterocycles. The van der Waals surface area contributed by atoms with E-state index in [2.05, 4.69) is 35.9 Å². The fourth-order valence-corrected chi connectivity index (χ4v) is 2.41. The molecule has 0 saturated heterocycles. The minimum atomic E-state index is -0.108. The lowest BCUT2D eigenvalue weighted by molar-refractivity contribution is 0.0934. The van der Waals surface area contributed by atoms with Crippen LogP contribution in [0, 0.1) is 13.8 Å². The zero-order valence-electron chi connectivity index (χ0n) is 12.8. The van der Waals surface area contributed by atoms with Gasteiger partial charge in [-0.25, -0.2) is 0 Å². The van der Waals surface area contributed by atoms with Crippen LogP contribution in [0.3, 0.4) is 0 Å². The number of nitrogens with one attached hydrogen (secondary N) is 1. The van der Waals surface area contributed by atoms with Gasteiger partial charge in [-0.2, -0.15) is 0 Å². The Kier molecular flexibility index (Phi) is 4.81. The predicted molar refractivity (Wildman–Crippen MR) is 83.9 cm³/mol. The highest BCUT2D eigenvalue weighted by Crippen LogP contribution is 2.16. The summed E-state index contributed by atoms with van der Waals surface area (Å²) in [6.07, 6.45) is 0.561. The van der Waals surface area contributed by atoms with Gasteiger partial charge in [-0.3, -0.25) is 4.79 Å². The molecule has 2 N–H and O–H groups in total. The van der Waals surface area contributed by atoms with E-state index in [9.17, 15) is 4.79 Å². The molecule has 4 nitrogen and oxygen atoms in total. The third-order valence-corrected chi connectivity index (χ3v) is 3.60. The Morgan fingerprint density at radius 3 is 2.24 bits per heavy atom. The molecule has 1 aromatic carbocycles. The van der Waals surface area contributed by atoms with Gasteiger partial charge in [0, 0.05) is 35.3 Å². The van der Waals surface area contributed by atoms with Crippen LogP contribution in [0.25, 0.3) is 5.69 Å². The number of amides is 1. The summed E-state index contributed by atoms with van der Waals surface area (Å²) >= 11 is 0. The largest absolute Gasteiger partial charge is 0.396 e. The van der Waals surface area contributed by atoms with E-state index in [0.29, 0.717) is 12.0 Å². The number of nitrogens with zero attached hydrogens (tertiary/aromatic N) is 1. The van der Waals surface area contributed by atoms with E-state index >= 15 is 0 Å². The second-order valence-electron chi connectivity index (χ2n) is 5.39. The van der Waals surface area contributed by atoms with Gasteiger partial charge in [-0.05, 0) is 63.6 Å². The highest BCUT2D eigenvalue weighted by molar-refractivity contribution is 5.94. The molecule has 2 aromatic rings. The molecule has 0 aliphatic heterocycles. The first kappa shape index (κ1) is 15.3. The molecule has 0 aliphatic carbocycles. The molecule has 1 atom stereocenters. The van der Waals surface area contributed by atoms with Crippen LogP contribution in [-0.4, -0.2) is 28.2 Å². The van der Waals surface area contributed by atoms with E-state index in [1.54, 1.807) is 0 Å². The Hall–Kier alpha value is -2.07. The van der Waals surface area contributed by atoms with Crippen molar-refractivity contribution in [1.82, 2.24) is 9.88 Å². The van der Waals surface area contributed by atoms with Crippen LogP contribution in [0.1, 0.15) is 35.1 Å². The first-order chi connectivity index (χ1) is 10.0. The first-order valence-corrected chi connectivity index (χ1v) is 7.20. The molecule has 21 heavy (non-hydrogen) atoms. The summed E-state index contributed by atoms with van der Waals surface area (Å²) in [6.45, 7) is 6.08. The summed E-state index contributed by atoms with van der Waals surface area (Å²) in [4.78, 5) is 12.1. The maximum absolute atomic E-state index is 12.1. The SMILES string of the molecule is Cc1ccc(C)n1-c1ccc(C(=O)NC(C)CCO)cc1. The molecule has 4 heteroatoms. The molecule has 0 aliphatic rings. The average molecular weight is 286 g/mol. The van der Waals surface area contributed by atoms with Crippen molar-refractivity contribution in [2.45, 2.75) is 33.2 Å². The van der Waals surface area contributed by atoms with Crippen LogP contribution in [-0.2, 0) is 0 Å². The second kappa shape index (κ2) is 6.59. The van der Waals surface area contributed by atoms with Crippen LogP contribution < -0.4 is 5.32 Å². The van der Waals surface area contributed by atoms with Crippen molar-refractivity contribution in [1.29, 1.82) is 0 Å². The minimum Gasteiger partial charge on any atom is -0.396 e. The number of aromatic nitrogens is 1. The lowest BCUT2D eigenvalue weighted by atomic mass is 10.1. The van der Waals surface area contributed by atoms with Gasteiger partial charge in [0.1, 0.15) is 0 Å². The fourth-order valence-electron chi connectivity index (χ4n) is 2.41. The number of hydrogen-bond acceptors (Lipinski definition) is 2. The summed E-state index contributed by atoms with van der Waals surface area (Å²) in [5.74, 6) is -0.108. The van der Waals surface area contributed by atoms with Gasteiger partial charge >= 0.3 is 0 Å². The number of benzene rings is 1. The van der Waals surface area contributed by atoms with Gasteiger partial charge < -0.3 is 15.0 Å². The van der Waals surface area contributed by atoms with E-state index in [4.69, 9.17) is 5.11 Å². The summed E-state index contributed by atoms with van der Waals surface area (Å²) in [7, 11) is 0. The summed E-state index contributed by atoms with van der Waals surface area (Å²) in [6, 6.07) is 11.7. The summed E-state index contributed by atoms with van der Waals surface area (Å²) in [5, 5.41) is 11.7. The monoisotopic (exact) mass is 286 g/mol. The molecule has 112 valence electrons. The lowest BCUT2D eigenvalue weighted by Gasteiger charge is -2.13. The molecule has 1 heterocycles. The van der Waals surface area contributed by atoms with Crippen molar-refractivity contribution >= 4 is 5.91 Å². The van der Waals surface area contributed by atoms with Crippen molar-refractivity contribution in [3.05, 3.63) is 53.3 Å². The maximum atomic E-state index is 12.1. The van der Waals surface area contributed by atoms with Gasteiger partial charge in [-0.1, -0.05) is 0 Å². The van der Waals surface area contributed by atoms with Gasteiger partial charge in [0.2, 0.25) is 0 Å². The molecule has 0 bridgehead atoms. The molecular formula is C17H22N2O2. The van der Waals surface area contributed by atoms with Crippen LogP contribution in [0.5, 0.6) is 0 Å². The normalized spacial score (nSPS) is 12.2. The zero-order chi connectivity index (χ0) is 15.4. The van der Waals surface area contributed by atoms with Crippen molar-refractivity contribution in [2.24, 2.45) is 0 Å². The van der Waals surface area contributed by atoms with Gasteiger partial charge in [0.15, 0.2) is 0 Å². The number of carbonyl (C=O) groups is 1. The topological polar surface area (TPSA) is 54.3 Å². The molecule has 0 saturated carbocycles. The molecule has 0 fully saturated rings. The van der Waals surface area contributed by atoms with E-state index < -0.39 is 0 Å². The van der Waals surface area contributed by atoms with E-state index in [-0.39, 0.29) is 18.6 Å². The van der Waals surface area contributed by atoms with Gasteiger partial charge in [0.05, 0.1) is 0 Å². The maximum Gasteiger partial charge on any atom is 0.251 e. The third-order valence-electron chi connectivity index (χ3n) is 3.60. The Balaban J connectivity index is 2.14. The van der Waals surface area contributed by atoms with Crippen molar-refractivity contribution in [3.63, 3.8) is 0 Å². The van der Waals surface area contributed by atoms with E-state index in [1.165, 1.54) is 11.4 Å². The number of rotatable bonds is 5. The number of hydrogen-bond donors (Lipinski definition) is 2. The van der Waals surface area contributed by atoms with Crippen molar-refractivity contribution < 1.29 is 9.90 Å². The summed E-state index contributed by atoms with van der Waals surface area (Å²) < 4.78 is 2.15. The third kappa shape index (κ3) is 3.52. The van der Waals surface area contributed by atoms with E-state index in [0.717, 1.165) is 5.69 Å². The van der Waals surface area contributed by atoms with Crippen LogP contribution >= 0.6 is 0 Å². The van der Waals surface area contributed by atoms with Gasteiger partial charge in [0.25, 0.3) is 5.91 Å². The minimum absolute atomic E-state index is 0.0314. The number of aryl methyl sites for hydroxylation is 2. The van der Waals surface area contributed by atoms with Gasteiger partial charge in [-0.15, -0.1) is 0 Å². The number of aliphatic hydroxyl groups is 1. The lowest BCUT2D eigenvalue weighted by Crippen LogP contribution is -2.33. The van der Waals surface area contributed by atoms with Crippen molar-refractivity contribution in [2.75, 3.05) is 6.61 Å². The standard InChI is InChI=1S/C17H22N2O2/c1-12(10-11-20)18-17(21)15-6-8-16(9-7-15)19-13(2)4-5-14(19)3/h4-9,12,20H,10-11H2,1-3H3,(H,18,21). The second-order valence-corrected chi connectivity index (χ2v) is 5.39. The smallest absolute Gasteiger partial charge is 0.251 e. The number of carbonyl (C=O) groups excluding carboxylic acids is 1. The Morgan fingerprint density at radius 1 is 1.14 bits per heavy atom. The molecule has 0 radical (unpaired) electrons.